The summed E-state index contributed by atoms with van der Waals surface area (Å²) in [5.74, 6) is -1.94. The molecule has 2 atom stereocenters. The van der Waals surface area contributed by atoms with Gasteiger partial charge in [-0.15, -0.1) is 0 Å². The molecule has 0 saturated carbocycles. The van der Waals surface area contributed by atoms with Crippen molar-refractivity contribution in [2.24, 2.45) is 0 Å². The number of carbonyl (C=O) groups excluding carboxylic acids is 1. The van der Waals surface area contributed by atoms with Crippen LogP contribution in [0, 0.1) is 5.82 Å². The molecule has 19 heavy (non-hydrogen) atoms. The third-order valence-corrected chi connectivity index (χ3v) is 3.20. The molecule has 0 saturated heterocycles. The largest absolute Gasteiger partial charge is 1.00 e. The van der Waals surface area contributed by atoms with Crippen molar-refractivity contribution >= 4 is 17.6 Å². The van der Waals surface area contributed by atoms with Crippen LogP contribution >= 0.6 is 11.6 Å². The second-order valence-corrected chi connectivity index (χ2v) is 4.88. The maximum absolute atomic E-state index is 13.4. The summed E-state index contributed by atoms with van der Waals surface area (Å²) >= 11 is 5.63. The van der Waals surface area contributed by atoms with Crippen LogP contribution in [0.1, 0.15) is 25.3 Å². The first-order valence-corrected chi connectivity index (χ1v) is 5.78. The average Bonchev–Trinajstić information content (AvgIpc) is 2.19. The standard InChI is InChI=1S/C12H12ClFO4.Na/c1-6-4-12(17,5-11(15)16)7-2-9(14)8(13)3-10(7)18-6;/h2-3,6,17H,4-5H2,1H3,(H,15,16);/q;+1/p-1. The number of aliphatic carboxylic acids is 1. The molecule has 1 aliphatic rings. The van der Waals surface area contributed by atoms with E-state index in [9.17, 15) is 19.4 Å². The van der Waals surface area contributed by atoms with Crippen molar-refractivity contribution in [3.8, 4) is 5.75 Å². The molecule has 0 aliphatic carbocycles. The molecule has 1 aromatic carbocycles. The predicted octanol–water partition coefficient (Wildman–Crippen LogP) is -2.02. The summed E-state index contributed by atoms with van der Waals surface area (Å²) in [5, 5.41) is 20.9. The van der Waals surface area contributed by atoms with Gasteiger partial charge >= 0.3 is 29.6 Å². The van der Waals surface area contributed by atoms with Gasteiger partial charge in [-0.3, -0.25) is 0 Å². The number of carboxylic acid groups (broad SMARTS) is 1. The number of rotatable bonds is 2. The normalized spacial score (nSPS) is 24.9. The molecule has 0 aromatic heterocycles. The Labute approximate surface area is 136 Å². The summed E-state index contributed by atoms with van der Waals surface area (Å²) in [6.45, 7) is 1.68. The number of hydrogen-bond donors (Lipinski definition) is 1. The van der Waals surface area contributed by atoms with Gasteiger partial charge in [0, 0.05) is 30.4 Å². The van der Waals surface area contributed by atoms with Crippen molar-refractivity contribution < 1.29 is 53.7 Å². The van der Waals surface area contributed by atoms with Crippen molar-refractivity contribution in [1.82, 2.24) is 0 Å². The van der Waals surface area contributed by atoms with Crippen molar-refractivity contribution in [2.45, 2.75) is 31.5 Å². The van der Waals surface area contributed by atoms with Gasteiger partial charge in [-0.25, -0.2) is 4.39 Å². The number of benzene rings is 1. The van der Waals surface area contributed by atoms with Gasteiger partial charge in [0.1, 0.15) is 17.2 Å². The molecule has 0 radical (unpaired) electrons. The molecule has 2 unspecified atom stereocenters. The molecule has 7 heteroatoms. The number of halogens is 2. The zero-order valence-electron chi connectivity index (χ0n) is 10.6. The Morgan fingerprint density at radius 2 is 2.32 bits per heavy atom. The van der Waals surface area contributed by atoms with E-state index in [1.807, 2.05) is 0 Å². The molecule has 1 aromatic rings. The minimum Gasteiger partial charge on any atom is -0.550 e. The van der Waals surface area contributed by atoms with Crippen LogP contribution in [-0.2, 0) is 10.4 Å². The van der Waals surface area contributed by atoms with Crippen LogP contribution in [0.2, 0.25) is 5.02 Å². The topological polar surface area (TPSA) is 69.6 Å². The van der Waals surface area contributed by atoms with E-state index in [2.05, 4.69) is 0 Å². The van der Waals surface area contributed by atoms with E-state index >= 15 is 0 Å². The SMILES string of the molecule is CC1CC(O)(CC(=O)[O-])c2cc(F)c(Cl)cc2O1.[Na+]. The maximum atomic E-state index is 13.4. The monoisotopic (exact) mass is 296 g/mol. The van der Waals surface area contributed by atoms with E-state index in [1.165, 1.54) is 6.07 Å². The Kier molecular flexibility index (Phi) is 5.26. The summed E-state index contributed by atoms with van der Waals surface area (Å²) in [4.78, 5) is 10.7. The first kappa shape index (κ1) is 16.7. The van der Waals surface area contributed by atoms with Crippen LogP contribution in [0.5, 0.6) is 5.75 Å². The van der Waals surface area contributed by atoms with Crippen LogP contribution in [0.4, 0.5) is 4.39 Å². The zero-order valence-corrected chi connectivity index (χ0v) is 13.3. The molecular formula is C12H11ClFNaO4. The smallest absolute Gasteiger partial charge is 0.550 e. The van der Waals surface area contributed by atoms with E-state index < -0.39 is 29.9 Å². The molecule has 2 rings (SSSR count). The van der Waals surface area contributed by atoms with Crippen LogP contribution in [0.15, 0.2) is 12.1 Å². The molecule has 0 spiro atoms. The first-order chi connectivity index (χ1) is 8.32. The van der Waals surface area contributed by atoms with Crippen molar-refractivity contribution in [1.29, 1.82) is 0 Å². The summed E-state index contributed by atoms with van der Waals surface area (Å²) < 4.78 is 18.8. The van der Waals surface area contributed by atoms with E-state index in [0.717, 1.165) is 6.07 Å². The first-order valence-electron chi connectivity index (χ1n) is 5.40. The fourth-order valence-electron chi connectivity index (χ4n) is 2.24. The number of fused-ring (bicyclic) bond motifs is 1. The summed E-state index contributed by atoms with van der Waals surface area (Å²) in [7, 11) is 0. The van der Waals surface area contributed by atoms with Crippen molar-refractivity contribution in [2.75, 3.05) is 0 Å². The van der Waals surface area contributed by atoms with Crippen molar-refractivity contribution in [3.05, 3.63) is 28.5 Å². The molecule has 0 bridgehead atoms. The molecule has 1 heterocycles. The second kappa shape index (κ2) is 5.97. The van der Waals surface area contributed by atoms with Gasteiger partial charge in [0.15, 0.2) is 0 Å². The predicted molar refractivity (Wildman–Crippen MR) is 59.6 cm³/mol. The van der Waals surface area contributed by atoms with Gasteiger partial charge in [-0.05, 0) is 13.0 Å². The number of carboxylic acids is 1. The van der Waals surface area contributed by atoms with E-state index in [1.54, 1.807) is 6.92 Å². The number of ether oxygens (including phenoxy) is 1. The third kappa shape index (κ3) is 3.41. The Bertz CT molecular complexity index is 511. The molecule has 98 valence electrons. The van der Waals surface area contributed by atoms with Crippen molar-refractivity contribution in [3.63, 3.8) is 0 Å². The summed E-state index contributed by atoms with van der Waals surface area (Å²) in [6.07, 6.45) is -0.965. The quantitative estimate of drug-likeness (QED) is 0.640. The summed E-state index contributed by atoms with van der Waals surface area (Å²) in [6, 6.07) is 2.24. The fourth-order valence-corrected chi connectivity index (χ4v) is 2.39. The zero-order chi connectivity index (χ0) is 13.5. The van der Waals surface area contributed by atoms with E-state index in [4.69, 9.17) is 16.3 Å². The van der Waals surface area contributed by atoms with Gasteiger partial charge in [0.05, 0.1) is 11.1 Å². The Hall–Kier alpha value is -0.330. The van der Waals surface area contributed by atoms with Gasteiger partial charge < -0.3 is 19.7 Å². The van der Waals surface area contributed by atoms with Crippen LogP contribution in [0.25, 0.3) is 0 Å². The van der Waals surface area contributed by atoms with Gasteiger partial charge in [0.25, 0.3) is 0 Å². The maximum Gasteiger partial charge on any atom is 1.00 e. The van der Waals surface area contributed by atoms with E-state index in [0.29, 0.717) is 0 Å². The second-order valence-electron chi connectivity index (χ2n) is 4.48. The fraction of sp³-hybridized carbons (Fsp3) is 0.417. The number of aliphatic hydroxyl groups is 1. The Morgan fingerprint density at radius 1 is 1.68 bits per heavy atom. The number of carbonyl (C=O) groups is 1. The molecular weight excluding hydrogens is 286 g/mol. The Balaban J connectivity index is 0.00000180. The van der Waals surface area contributed by atoms with Gasteiger partial charge in [0.2, 0.25) is 0 Å². The molecule has 0 fully saturated rings. The third-order valence-electron chi connectivity index (χ3n) is 2.91. The van der Waals surface area contributed by atoms with Crippen LogP contribution < -0.4 is 39.4 Å². The minimum atomic E-state index is -1.70. The molecule has 4 nitrogen and oxygen atoms in total. The van der Waals surface area contributed by atoms with Gasteiger partial charge in [-0.1, -0.05) is 11.6 Å². The summed E-state index contributed by atoms with van der Waals surface area (Å²) in [5.41, 5.74) is -1.61. The minimum absolute atomic E-state index is 0. The average molecular weight is 297 g/mol. The molecule has 1 aliphatic heterocycles. The molecule has 1 N–H and O–H groups in total. The Morgan fingerprint density at radius 3 is 2.89 bits per heavy atom. The van der Waals surface area contributed by atoms with Crippen LogP contribution in [0.3, 0.4) is 0 Å². The molecule has 0 amide bonds. The van der Waals surface area contributed by atoms with E-state index in [-0.39, 0.29) is 52.3 Å². The van der Waals surface area contributed by atoms with Gasteiger partial charge in [-0.2, -0.15) is 0 Å². The van der Waals surface area contributed by atoms with Crippen LogP contribution in [-0.4, -0.2) is 17.2 Å². The number of hydrogen-bond acceptors (Lipinski definition) is 4.